The van der Waals surface area contributed by atoms with E-state index in [4.69, 9.17) is 9.26 Å². The third-order valence-corrected chi connectivity index (χ3v) is 4.16. The van der Waals surface area contributed by atoms with E-state index in [0.717, 1.165) is 36.5 Å². The number of benzene rings is 1. The molecule has 0 aliphatic carbocycles. The summed E-state index contributed by atoms with van der Waals surface area (Å²) in [5.74, 6) is 3.00. The first kappa shape index (κ1) is 14.8. The fourth-order valence-electron chi connectivity index (χ4n) is 2.82. The molecule has 1 atom stereocenters. The van der Waals surface area contributed by atoms with Crippen molar-refractivity contribution in [1.82, 2.24) is 30.2 Å². The molecule has 1 aromatic carbocycles. The number of nitrogens with zero attached hydrogens (tertiary/aromatic N) is 5. The standard InChI is InChI=1S/C16H18N6O2/c1-23-13-5-2-11(3-6-13)16-20-14(21-24-16)8-17-12-4-7-15-18-10-19-22(15)9-12/h2-3,5-6,10,12,17H,4,7-9H2,1H3. The maximum atomic E-state index is 5.34. The van der Waals surface area contributed by atoms with Crippen LogP contribution in [0.5, 0.6) is 5.75 Å². The van der Waals surface area contributed by atoms with Crippen LogP contribution in [0, 0.1) is 0 Å². The van der Waals surface area contributed by atoms with Crippen molar-refractivity contribution < 1.29 is 9.26 Å². The van der Waals surface area contributed by atoms with Gasteiger partial charge < -0.3 is 14.6 Å². The van der Waals surface area contributed by atoms with Gasteiger partial charge in [-0.15, -0.1) is 0 Å². The Labute approximate surface area is 138 Å². The molecule has 1 aliphatic heterocycles. The Kier molecular flexibility index (Phi) is 3.96. The molecule has 0 saturated heterocycles. The lowest BCUT2D eigenvalue weighted by Crippen LogP contribution is -2.37. The summed E-state index contributed by atoms with van der Waals surface area (Å²) < 4.78 is 12.4. The molecule has 0 saturated carbocycles. The Morgan fingerprint density at radius 1 is 1.33 bits per heavy atom. The molecule has 0 bridgehead atoms. The first-order valence-corrected chi connectivity index (χ1v) is 7.89. The van der Waals surface area contributed by atoms with Gasteiger partial charge in [-0.25, -0.2) is 9.67 Å². The molecular formula is C16H18N6O2. The van der Waals surface area contributed by atoms with E-state index in [0.29, 0.717) is 24.3 Å². The van der Waals surface area contributed by atoms with Gasteiger partial charge in [-0.1, -0.05) is 5.16 Å². The molecule has 1 aliphatic rings. The highest BCUT2D eigenvalue weighted by Crippen LogP contribution is 2.20. The van der Waals surface area contributed by atoms with Gasteiger partial charge in [-0.2, -0.15) is 10.1 Å². The summed E-state index contributed by atoms with van der Waals surface area (Å²) in [5, 5.41) is 11.7. The topological polar surface area (TPSA) is 90.9 Å². The van der Waals surface area contributed by atoms with Crippen LogP contribution >= 0.6 is 0 Å². The molecule has 4 rings (SSSR count). The van der Waals surface area contributed by atoms with E-state index in [1.807, 2.05) is 28.9 Å². The molecule has 0 spiro atoms. The fourth-order valence-corrected chi connectivity index (χ4v) is 2.82. The van der Waals surface area contributed by atoms with Crippen molar-refractivity contribution >= 4 is 0 Å². The number of nitrogens with one attached hydrogen (secondary N) is 1. The molecule has 3 heterocycles. The Morgan fingerprint density at radius 2 is 2.21 bits per heavy atom. The van der Waals surface area contributed by atoms with Gasteiger partial charge in [0.2, 0.25) is 0 Å². The summed E-state index contributed by atoms with van der Waals surface area (Å²) in [6.07, 6.45) is 3.57. The monoisotopic (exact) mass is 326 g/mol. The van der Waals surface area contributed by atoms with Crippen LogP contribution in [0.25, 0.3) is 11.5 Å². The van der Waals surface area contributed by atoms with Crippen LogP contribution in [0.2, 0.25) is 0 Å². The molecule has 8 nitrogen and oxygen atoms in total. The molecule has 124 valence electrons. The van der Waals surface area contributed by atoms with Crippen molar-refractivity contribution in [3.05, 3.63) is 42.2 Å². The number of rotatable bonds is 5. The third-order valence-electron chi connectivity index (χ3n) is 4.16. The number of methoxy groups -OCH3 is 1. The Bertz CT molecular complexity index is 810. The van der Waals surface area contributed by atoms with Gasteiger partial charge in [0.1, 0.15) is 17.9 Å². The Morgan fingerprint density at radius 3 is 3.04 bits per heavy atom. The number of aryl methyl sites for hydroxylation is 1. The lowest BCUT2D eigenvalue weighted by molar-refractivity contribution is 0.350. The smallest absolute Gasteiger partial charge is 0.257 e. The maximum Gasteiger partial charge on any atom is 0.257 e. The van der Waals surface area contributed by atoms with Crippen molar-refractivity contribution in [2.24, 2.45) is 0 Å². The van der Waals surface area contributed by atoms with Gasteiger partial charge in [0, 0.05) is 18.0 Å². The second-order valence-electron chi connectivity index (χ2n) is 5.72. The molecule has 0 fully saturated rings. The van der Waals surface area contributed by atoms with E-state index < -0.39 is 0 Å². The zero-order valence-electron chi connectivity index (χ0n) is 13.3. The third kappa shape index (κ3) is 3.00. The minimum atomic E-state index is 0.335. The summed E-state index contributed by atoms with van der Waals surface area (Å²) in [6.45, 7) is 1.38. The molecule has 24 heavy (non-hydrogen) atoms. The maximum absolute atomic E-state index is 5.34. The number of ether oxygens (including phenoxy) is 1. The van der Waals surface area contributed by atoms with Crippen molar-refractivity contribution in [2.45, 2.75) is 32.0 Å². The van der Waals surface area contributed by atoms with Crippen LogP contribution in [0.1, 0.15) is 18.1 Å². The number of fused-ring (bicyclic) bond motifs is 1. The molecule has 0 amide bonds. The summed E-state index contributed by atoms with van der Waals surface area (Å²) >= 11 is 0. The minimum absolute atomic E-state index is 0.335. The largest absolute Gasteiger partial charge is 0.497 e. The van der Waals surface area contributed by atoms with E-state index in [1.165, 1.54) is 0 Å². The SMILES string of the molecule is COc1ccc(-c2nc(CNC3CCc4ncnn4C3)no2)cc1. The summed E-state index contributed by atoms with van der Waals surface area (Å²) in [5.41, 5.74) is 0.875. The van der Waals surface area contributed by atoms with Crippen LogP contribution in [0.4, 0.5) is 0 Å². The molecule has 2 aromatic heterocycles. The van der Waals surface area contributed by atoms with Crippen molar-refractivity contribution in [3.63, 3.8) is 0 Å². The van der Waals surface area contributed by atoms with Gasteiger partial charge in [-0.05, 0) is 30.7 Å². The highest BCUT2D eigenvalue weighted by molar-refractivity contribution is 5.54. The molecular weight excluding hydrogens is 308 g/mol. The summed E-state index contributed by atoms with van der Waals surface area (Å²) in [4.78, 5) is 8.67. The summed E-state index contributed by atoms with van der Waals surface area (Å²) in [7, 11) is 1.64. The van der Waals surface area contributed by atoms with E-state index in [9.17, 15) is 0 Å². The van der Waals surface area contributed by atoms with Crippen molar-refractivity contribution in [3.8, 4) is 17.2 Å². The van der Waals surface area contributed by atoms with Gasteiger partial charge in [-0.3, -0.25) is 0 Å². The molecule has 1 unspecified atom stereocenters. The fraction of sp³-hybridized carbons (Fsp3) is 0.375. The number of hydrogen-bond donors (Lipinski definition) is 1. The van der Waals surface area contributed by atoms with Crippen LogP contribution < -0.4 is 10.1 Å². The minimum Gasteiger partial charge on any atom is -0.497 e. The molecule has 1 N–H and O–H groups in total. The van der Waals surface area contributed by atoms with Crippen molar-refractivity contribution in [2.75, 3.05) is 7.11 Å². The van der Waals surface area contributed by atoms with Crippen LogP contribution in [0.3, 0.4) is 0 Å². The van der Waals surface area contributed by atoms with E-state index in [1.54, 1.807) is 13.4 Å². The van der Waals surface area contributed by atoms with Crippen LogP contribution in [-0.4, -0.2) is 38.1 Å². The van der Waals surface area contributed by atoms with Gasteiger partial charge in [0.15, 0.2) is 5.82 Å². The predicted molar refractivity (Wildman–Crippen MR) is 85.3 cm³/mol. The Hall–Kier alpha value is -2.74. The number of hydrogen-bond acceptors (Lipinski definition) is 7. The zero-order chi connectivity index (χ0) is 16.4. The quantitative estimate of drug-likeness (QED) is 0.758. The highest BCUT2D eigenvalue weighted by Gasteiger charge is 2.20. The lowest BCUT2D eigenvalue weighted by atomic mass is 10.1. The van der Waals surface area contributed by atoms with Gasteiger partial charge >= 0.3 is 0 Å². The van der Waals surface area contributed by atoms with Crippen LogP contribution in [0.15, 0.2) is 35.1 Å². The second-order valence-corrected chi connectivity index (χ2v) is 5.72. The molecule has 0 radical (unpaired) electrons. The molecule has 8 heteroatoms. The van der Waals surface area contributed by atoms with E-state index in [2.05, 4.69) is 25.5 Å². The number of aromatic nitrogens is 5. The highest BCUT2D eigenvalue weighted by atomic mass is 16.5. The zero-order valence-corrected chi connectivity index (χ0v) is 13.3. The Balaban J connectivity index is 1.37. The average Bonchev–Trinajstić information content (AvgIpc) is 3.29. The summed E-state index contributed by atoms with van der Waals surface area (Å²) in [6, 6.07) is 7.88. The van der Waals surface area contributed by atoms with Gasteiger partial charge in [0.25, 0.3) is 5.89 Å². The average molecular weight is 326 g/mol. The van der Waals surface area contributed by atoms with Crippen LogP contribution in [-0.2, 0) is 19.5 Å². The van der Waals surface area contributed by atoms with Crippen molar-refractivity contribution in [1.29, 1.82) is 0 Å². The van der Waals surface area contributed by atoms with Gasteiger partial charge in [0.05, 0.1) is 20.2 Å². The molecule has 3 aromatic rings. The predicted octanol–water partition coefficient (Wildman–Crippen LogP) is 1.44. The second kappa shape index (κ2) is 6.40. The van der Waals surface area contributed by atoms with E-state index >= 15 is 0 Å². The first-order chi connectivity index (χ1) is 11.8. The first-order valence-electron chi connectivity index (χ1n) is 7.89. The van der Waals surface area contributed by atoms with E-state index in [-0.39, 0.29) is 0 Å². The lowest BCUT2D eigenvalue weighted by Gasteiger charge is -2.22. The normalized spacial score (nSPS) is 16.8.